The van der Waals surface area contributed by atoms with Crippen molar-refractivity contribution in [2.45, 2.75) is 27.0 Å². The zero-order valence-corrected chi connectivity index (χ0v) is 19.2. The molecule has 0 bridgehead atoms. The summed E-state index contributed by atoms with van der Waals surface area (Å²) in [6.45, 7) is 4.13. The van der Waals surface area contributed by atoms with Crippen LogP contribution in [-0.2, 0) is 25.0 Å². The molecule has 7 nitrogen and oxygen atoms in total. The minimum absolute atomic E-state index is 0.0340. The van der Waals surface area contributed by atoms with Crippen molar-refractivity contribution in [3.63, 3.8) is 0 Å². The molecule has 3 aromatic heterocycles. The van der Waals surface area contributed by atoms with Gasteiger partial charge >= 0.3 is 0 Å². The molecule has 8 heteroatoms. The lowest BCUT2D eigenvalue weighted by Crippen LogP contribution is -2.24. The molecule has 164 valence electrons. The van der Waals surface area contributed by atoms with Crippen LogP contribution < -0.4 is 4.74 Å². The lowest BCUT2D eigenvalue weighted by Gasteiger charge is -2.19. The van der Waals surface area contributed by atoms with Crippen LogP contribution in [0.15, 0.2) is 48.9 Å². The molecule has 32 heavy (non-hydrogen) atoms. The van der Waals surface area contributed by atoms with E-state index in [1.807, 2.05) is 42.9 Å². The van der Waals surface area contributed by atoms with Gasteiger partial charge in [0.1, 0.15) is 17.9 Å². The minimum atomic E-state index is -0.0340. The van der Waals surface area contributed by atoms with Crippen LogP contribution in [0.2, 0.25) is 5.02 Å². The molecule has 0 aliphatic rings. The largest absolute Gasteiger partial charge is 0.487 e. The van der Waals surface area contributed by atoms with Crippen molar-refractivity contribution in [3.05, 3.63) is 70.8 Å². The summed E-state index contributed by atoms with van der Waals surface area (Å²) in [5.74, 6) is 0.627. The average molecular weight is 450 g/mol. The van der Waals surface area contributed by atoms with Gasteiger partial charge in [-0.25, -0.2) is 4.98 Å². The first-order valence-corrected chi connectivity index (χ1v) is 10.6. The van der Waals surface area contributed by atoms with Gasteiger partial charge in [0, 0.05) is 68.4 Å². The molecule has 0 N–H and O–H groups in total. The Hall–Kier alpha value is -3.45. The molecule has 0 aliphatic heterocycles. The molecule has 0 fully saturated rings. The zero-order valence-electron chi connectivity index (χ0n) is 18.5. The van der Waals surface area contributed by atoms with E-state index in [-0.39, 0.29) is 12.5 Å². The van der Waals surface area contributed by atoms with E-state index in [1.165, 1.54) is 6.92 Å². The topological polar surface area (TPSA) is 73.1 Å². The van der Waals surface area contributed by atoms with E-state index in [9.17, 15) is 4.79 Å². The number of hydrogen-bond acceptors (Lipinski definition) is 5. The van der Waals surface area contributed by atoms with Crippen LogP contribution in [0.4, 0.5) is 0 Å². The molecule has 0 aliphatic carbocycles. The van der Waals surface area contributed by atoms with E-state index in [1.54, 1.807) is 30.5 Å². The van der Waals surface area contributed by atoms with Gasteiger partial charge in [-0.3, -0.25) is 14.5 Å². The van der Waals surface area contributed by atoms with Crippen molar-refractivity contribution in [2.24, 2.45) is 7.05 Å². The molecule has 4 aromatic rings. The molecular weight excluding hydrogens is 426 g/mol. The van der Waals surface area contributed by atoms with Gasteiger partial charge in [0.25, 0.3) is 0 Å². The number of fused-ring (bicyclic) bond motifs is 1. The predicted molar refractivity (Wildman–Crippen MR) is 124 cm³/mol. The predicted octanol–water partition coefficient (Wildman–Crippen LogP) is 4.55. The first kappa shape index (κ1) is 21.8. The highest BCUT2D eigenvalue weighted by atomic mass is 35.5. The molecule has 0 saturated carbocycles. The molecule has 1 amide bonds. The van der Waals surface area contributed by atoms with Crippen molar-refractivity contribution >= 4 is 28.4 Å². The van der Waals surface area contributed by atoms with E-state index in [0.29, 0.717) is 17.3 Å². The van der Waals surface area contributed by atoms with Crippen LogP contribution in [0, 0.1) is 6.92 Å². The second-order valence-corrected chi connectivity index (χ2v) is 8.13. The highest BCUT2D eigenvalue weighted by Crippen LogP contribution is 2.33. The summed E-state index contributed by atoms with van der Waals surface area (Å²) < 4.78 is 8.07. The van der Waals surface area contributed by atoms with Crippen LogP contribution in [0.25, 0.3) is 22.2 Å². The van der Waals surface area contributed by atoms with E-state index in [0.717, 1.165) is 39.0 Å². The quantitative estimate of drug-likeness (QED) is 0.431. The Morgan fingerprint density at radius 2 is 2.06 bits per heavy atom. The van der Waals surface area contributed by atoms with Crippen LogP contribution in [-0.4, -0.2) is 37.6 Å². The van der Waals surface area contributed by atoms with Crippen LogP contribution in [0.1, 0.15) is 23.7 Å². The number of rotatable bonds is 6. The Labute approximate surface area is 191 Å². The lowest BCUT2D eigenvalue weighted by molar-refractivity contribution is -0.128. The third kappa shape index (κ3) is 4.29. The van der Waals surface area contributed by atoms with Crippen LogP contribution in [0.5, 0.6) is 5.75 Å². The number of hydrogen-bond donors (Lipinski definition) is 0. The Bertz CT molecular complexity index is 1300. The van der Waals surface area contributed by atoms with Gasteiger partial charge in [0.15, 0.2) is 0 Å². The number of para-hydroxylation sites is 1. The number of nitrogens with zero attached hydrogens (tertiary/aromatic N) is 5. The van der Waals surface area contributed by atoms with E-state index >= 15 is 0 Å². The first-order valence-electron chi connectivity index (χ1n) is 10.2. The van der Waals surface area contributed by atoms with Crippen molar-refractivity contribution < 1.29 is 9.53 Å². The Morgan fingerprint density at radius 3 is 2.78 bits per heavy atom. The summed E-state index contributed by atoms with van der Waals surface area (Å²) in [6.07, 6.45) is 5.09. The molecule has 3 heterocycles. The number of ether oxygens (including phenoxy) is 1. The second-order valence-electron chi connectivity index (χ2n) is 7.73. The Balaban J connectivity index is 1.71. The Kier molecular flexibility index (Phi) is 6.10. The second kappa shape index (κ2) is 8.96. The fourth-order valence-electron chi connectivity index (χ4n) is 3.63. The van der Waals surface area contributed by atoms with Gasteiger partial charge < -0.3 is 9.64 Å². The maximum atomic E-state index is 11.7. The fourth-order valence-corrected chi connectivity index (χ4v) is 3.87. The van der Waals surface area contributed by atoms with Gasteiger partial charge in [0.05, 0.1) is 10.7 Å². The summed E-state index contributed by atoms with van der Waals surface area (Å²) in [6, 6.07) is 9.92. The highest BCUT2D eigenvalue weighted by molar-refractivity contribution is 6.31. The summed E-state index contributed by atoms with van der Waals surface area (Å²) >= 11 is 6.44. The summed E-state index contributed by atoms with van der Waals surface area (Å²) in [5, 5.41) is 5.78. The average Bonchev–Trinajstić information content (AvgIpc) is 3.18. The number of aromatic nitrogens is 4. The third-order valence-electron chi connectivity index (χ3n) is 5.44. The third-order valence-corrected chi connectivity index (χ3v) is 5.76. The molecule has 0 unspecified atom stereocenters. The van der Waals surface area contributed by atoms with Crippen molar-refractivity contribution in [3.8, 4) is 17.0 Å². The maximum Gasteiger partial charge on any atom is 0.219 e. The zero-order chi connectivity index (χ0) is 22.8. The lowest BCUT2D eigenvalue weighted by atomic mass is 10.0. The molecule has 0 saturated heterocycles. The molecule has 4 rings (SSSR count). The van der Waals surface area contributed by atoms with E-state index in [4.69, 9.17) is 21.3 Å². The number of carbonyl (C=O) groups excluding carboxylic acids is 1. The first-order chi connectivity index (χ1) is 15.3. The molecule has 0 spiro atoms. The van der Waals surface area contributed by atoms with Gasteiger partial charge in [0.2, 0.25) is 5.91 Å². The van der Waals surface area contributed by atoms with E-state index < -0.39 is 0 Å². The Morgan fingerprint density at radius 1 is 1.25 bits per heavy atom. The van der Waals surface area contributed by atoms with Gasteiger partial charge in [-0.1, -0.05) is 23.7 Å². The summed E-state index contributed by atoms with van der Waals surface area (Å²) in [7, 11) is 3.66. The normalized spacial score (nSPS) is 11.0. The minimum Gasteiger partial charge on any atom is -0.487 e. The summed E-state index contributed by atoms with van der Waals surface area (Å²) in [5.41, 5.74) is 5.35. The number of carbonyl (C=O) groups is 1. The molecule has 0 radical (unpaired) electrons. The van der Waals surface area contributed by atoms with E-state index in [2.05, 4.69) is 16.1 Å². The van der Waals surface area contributed by atoms with Gasteiger partial charge in [-0.05, 0) is 30.7 Å². The van der Waals surface area contributed by atoms with Gasteiger partial charge in [-0.15, -0.1) is 0 Å². The van der Waals surface area contributed by atoms with Gasteiger partial charge in [-0.2, -0.15) is 5.10 Å². The van der Waals surface area contributed by atoms with Crippen molar-refractivity contribution in [2.75, 3.05) is 7.05 Å². The number of aryl methyl sites for hydroxylation is 2. The number of pyridine rings is 2. The molecule has 0 atom stereocenters. The standard InChI is InChI=1S/C24H24ClN5O2/c1-15-10-19(22-8-9-27-30(22)4)18-6-5-7-23(24(18)28-15)32-14-20-17(11-26-12-21(20)25)13-29(3)16(2)31/h5-12H,13-14H2,1-4H3. The van der Waals surface area contributed by atoms with Crippen LogP contribution in [0.3, 0.4) is 0 Å². The maximum absolute atomic E-state index is 11.7. The monoisotopic (exact) mass is 449 g/mol. The van der Waals surface area contributed by atoms with Crippen LogP contribution >= 0.6 is 11.6 Å². The van der Waals surface area contributed by atoms with Crippen molar-refractivity contribution in [1.82, 2.24) is 24.6 Å². The number of halogens is 1. The molecular formula is C24H24ClN5O2. The SMILES string of the molecule is CC(=O)N(C)Cc1cncc(Cl)c1COc1cccc2c(-c3ccnn3C)cc(C)nc12. The van der Waals surface area contributed by atoms with Crippen molar-refractivity contribution in [1.29, 1.82) is 0 Å². The smallest absolute Gasteiger partial charge is 0.219 e. The number of benzene rings is 1. The highest BCUT2D eigenvalue weighted by Gasteiger charge is 2.16. The molecule has 1 aromatic carbocycles. The fraction of sp³-hybridized carbons (Fsp3) is 0.250. The summed E-state index contributed by atoms with van der Waals surface area (Å²) in [4.78, 5) is 22.2. The number of amides is 1.